The molecule has 0 aromatic carbocycles. The molecule has 2 unspecified atom stereocenters. The molecule has 2 atom stereocenters. The second kappa shape index (κ2) is 7.72. The minimum atomic E-state index is 0.531. The third-order valence-electron chi connectivity index (χ3n) is 4.23. The number of aromatic nitrogens is 1. The fraction of sp³-hybridized carbons (Fsp3) is 0.688. The summed E-state index contributed by atoms with van der Waals surface area (Å²) in [4.78, 5) is 9.17. The van der Waals surface area contributed by atoms with Crippen LogP contribution in [0.5, 0.6) is 0 Å². The minimum absolute atomic E-state index is 0.531. The van der Waals surface area contributed by atoms with E-state index in [4.69, 9.17) is 0 Å². The first kappa shape index (κ1) is 15.4. The van der Waals surface area contributed by atoms with Crippen molar-refractivity contribution in [2.75, 3.05) is 40.3 Å². The summed E-state index contributed by atoms with van der Waals surface area (Å²) in [7, 11) is 4.48. The lowest BCUT2D eigenvalue weighted by atomic mass is 9.98. The predicted octanol–water partition coefficient (Wildman–Crippen LogP) is 1.24. The Kier molecular flexibility index (Phi) is 5.95. The predicted molar refractivity (Wildman–Crippen MR) is 83.9 cm³/mol. The Morgan fingerprint density at radius 2 is 2.25 bits per heavy atom. The third-order valence-corrected chi connectivity index (χ3v) is 4.23. The Hall–Kier alpha value is -0.970. The summed E-state index contributed by atoms with van der Waals surface area (Å²) < 4.78 is 0. The molecule has 1 aromatic heterocycles. The van der Waals surface area contributed by atoms with Crippen LogP contribution in [0.15, 0.2) is 24.5 Å². The first-order chi connectivity index (χ1) is 9.69. The Balaban J connectivity index is 1.94. The summed E-state index contributed by atoms with van der Waals surface area (Å²) >= 11 is 0. The van der Waals surface area contributed by atoms with E-state index in [0.717, 1.165) is 13.0 Å². The number of rotatable bonds is 6. The molecule has 4 nitrogen and oxygen atoms in total. The highest BCUT2D eigenvalue weighted by Gasteiger charge is 2.25. The van der Waals surface area contributed by atoms with Crippen LogP contribution in [0, 0.1) is 0 Å². The van der Waals surface area contributed by atoms with E-state index in [1.165, 1.54) is 31.6 Å². The maximum Gasteiger partial charge on any atom is 0.0300 e. The van der Waals surface area contributed by atoms with Crippen LogP contribution in [-0.2, 0) is 6.42 Å². The number of pyridine rings is 1. The molecule has 2 rings (SSSR count). The molecular weight excluding hydrogens is 248 g/mol. The molecule has 0 aliphatic carbocycles. The van der Waals surface area contributed by atoms with Crippen LogP contribution >= 0.6 is 0 Å². The molecule has 0 radical (unpaired) electrons. The Morgan fingerprint density at radius 1 is 1.40 bits per heavy atom. The van der Waals surface area contributed by atoms with E-state index < -0.39 is 0 Å². The molecule has 0 saturated carbocycles. The molecule has 0 bridgehead atoms. The summed E-state index contributed by atoms with van der Waals surface area (Å²) in [5.41, 5.74) is 1.32. The summed E-state index contributed by atoms with van der Waals surface area (Å²) in [5.74, 6) is 0. The van der Waals surface area contributed by atoms with Crippen molar-refractivity contribution in [2.45, 2.75) is 31.8 Å². The summed E-state index contributed by atoms with van der Waals surface area (Å²) in [6.07, 6.45) is 6.09. The summed E-state index contributed by atoms with van der Waals surface area (Å²) in [5, 5.41) is 3.64. The molecule has 0 amide bonds. The number of likely N-dealkylation sites (N-methyl/N-ethyl adjacent to an activating group) is 3. The smallest absolute Gasteiger partial charge is 0.0300 e. The molecule has 4 heteroatoms. The third kappa shape index (κ3) is 4.54. The zero-order chi connectivity index (χ0) is 14.4. The van der Waals surface area contributed by atoms with Crippen molar-refractivity contribution < 1.29 is 0 Å². The van der Waals surface area contributed by atoms with Gasteiger partial charge in [-0.25, -0.2) is 0 Å². The topological polar surface area (TPSA) is 31.4 Å². The van der Waals surface area contributed by atoms with Gasteiger partial charge in [-0.15, -0.1) is 0 Å². The normalized spacial score (nSPS) is 22.9. The molecule has 1 fully saturated rings. The lowest BCUT2D eigenvalue weighted by Crippen LogP contribution is -2.52. The van der Waals surface area contributed by atoms with E-state index in [2.05, 4.69) is 47.2 Å². The van der Waals surface area contributed by atoms with Crippen LogP contribution < -0.4 is 5.32 Å². The number of nitrogens with zero attached hydrogens (tertiary/aromatic N) is 3. The molecule has 1 aromatic rings. The second-order valence-corrected chi connectivity index (χ2v) is 5.95. The van der Waals surface area contributed by atoms with Gasteiger partial charge in [-0.05, 0) is 45.1 Å². The molecule has 2 heterocycles. The molecule has 1 N–H and O–H groups in total. The van der Waals surface area contributed by atoms with Crippen molar-refractivity contribution in [3.05, 3.63) is 30.1 Å². The summed E-state index contributed by atoms with van der Waals surface area (Å²) in [6, 6.07) is 5.38. The van der Waals surface area contributed by atoms with Crippen LogP contribution in [0.4, 0.5) is 0 Å². The highest BCUT2D eigenvalue weighted by molar-refractivity contribution is 5.10. The Bertz CT molecular complexity index is 381. The highest BCUT2D eigenvalue weighted by atomic mass is 15.3. The zero-order valence-electron chi connectivity index (χ0n) is 13.0. The SMILES string of the molecule is CCNC(Cc1cccnc1)CC1CN(C)CCN1C. The van der Waals surface area contributed by atoms with Crippen molar-refractivity contribution in [3.8, 4) is 0 Å². The Morgan fingerprint density at radius 3 is 2.95 bits per heavy atom. The lowest BCUT2D eigenvalue weighted by molar-refractivity contribution is 0.101. The second-order valence-electron chi connectivity index (χ2n) is 5.95. The van der Waals surface area contributed by atoms with Crippen molar-refractivity contribution in [3.63, 3.8) is 0 Å². The van der Waals surface area contributed by atoms with Crippen molar-refractivity contribution >= 4 is 0 Å². The van der Waals surface area contributed by atoms with Crippen LogP contribution in [0.2, 0.25) is 0 Å². The van der Waals surface area contributed by atoms with Crippen LogP contribution in [0.25, 0.3) is 0 Å². The van der Waals surface area contributed by atoms with Gasteiger partial charge in [0.05, 0.1) is 0 Å². The van der Waals surface area contributed by atoms with E-state index >= 15 is 0 Å². The molecule has 112 valence electrons. The molecule has 0 spiro atoms. The van der Waals surface area contributed by atoms with E-state index in [-0.39, 0.29) is 0 Å². The van der Waals surface area contributed by atoms with Gasteiger partial charge >= 0.3 is 0 Å². The first-order valence-electron chi connectivity index (χ1n) is 7.70. The minimum Gasteiger partial charge on any atom is -0.314 e. The van der Waals surface area contributed by atoms with Crippen molar-refractivity contribution in [1.82, 2.24) is 20.1 Å². The Labute approximate surface area is 123 Å². The van der Waals surface area contributed by atoms with Gasteiger partial charge < -0.3 is 15.1 Å². The van der Waals surface area contributed by atoms with Gasteiger partial charge in [0, 0.05) is 44.1 Å². The van der Waals surface area contributed by atoms with E-state index in [0.29, 0.717) is 12.1 Å². The van der Waals surface area contributed by atoms with Crippen molar-refractivity contribution in [2.24, 2.45) is 0 Å². The van der Waals surface area contributed by atoms with Gasteiger partial charge in [0.2, 0.25) is 0 Å². The number of nitrogens with one attached hydrogen (secondary N) is 1. The van der Waals surface area contributed by atoms with E-state index in [9.17, 15) is 0 Å². The fourth-order valence-electron chi connectivity index (χ4n) is 3.02. The van der Waals surface area contributed by atoms with Gasteiger partial charge in [0.15, 0.2) is 0 Å². The van der Waals surface area contributed by atoms with Gasteiger partial charge in [-0.2, -0.15) is 0 Å². The first-order valence-corrected chi connectivity index (χ1v) is 7.70. The zero-order valence-corrected chi connectivity index (χ0v) is 13.0. The van der Waals surface area contributed by atoms with Gasteiger partial charge in [0.1, 0.15) is 0 Å². The average Bonchev–Trinajstić information content (AvgIpc) is 2.44. The van der Waals surface area contributed by atoms with E-state index in [1.54, 1.807) is 0 Å². The van der Waals surface area contributed by atoms with Gasteiger partial charge in [0.25, 0.3) is 0 Å². The molecule has 1 saturated heterocycles. The van der Waals surface area contributed by atoms with Crippen LogP contribution in [-0.4, -0.2) is 67.1 Å². The standard InChI is InChI=1S/C16H28N4/c1-4-18-15(10-14-6-5-7-17-12-14)11-16-13-19(2)8-9-20(16)3/h5-7,12,15-16,18H,4,8-11,13H2,1-3H3. The largest absolute Gasteiger partial charge is 0.314 e. The van der Waals surface area contributed by atoms with Crippen LogP contribution in [0.3, 0.4) is 0 Å². The molecule has 1 aliphatic rings. The monoisotopic (exact) mass is 276 g/mol. The fourth-order valence-corrected chi connectivity index (χ4v) is 3.02. The average molecular weight is 276 g/mol. The summed E-state index contributed by atoms with van der Waals surface area (Å²) in [6.45, 7) is 6.74. The maximum absolute atomic E-state index is 4.23. The lowest BCUT2D eigenvalue weighted by Gasteiger charge is -2.39. The number of piperazine rings is 1. The van der Waals surface area contributed by atoms with E-state index in [1.807, 2.05) is 18.5 Å². The number of hydrogen-bond acceptors (Lipinski definition) is 4. The van der Waals surface area contributed by atoms with Gasteiger partial charge in [-0.1, -0.05) is 13.0 Å². The van der Waals surface area contributed by atoms with Gasteiger partial charge in [-0.3, -0.25) is 4.98 Å². The molecule has 20 heavy (non-hydrogen) atoms. The molecule has 1 aliphatic heterocycles. The highest BCUT2D eigenvalue weighted by Crippen LogP contribution is 2.14. The quantitative estimate of drug-likeness (QED) is 0.847. The maximum atomic E-state index is 4.23. The number of hydrogen-bond donors (Lipinski definition) is 1. The van der Waals surface area contributed by atoms with Crippen LogP contribution in [0.1, 0.15) is 18.9 Å². The molecular formula is C16H28N4. The van der Waals surface area contributed by atoms with Crippen molar-refractivity contribution in [1.29, 1.82) is 0 Å².